The number of nitrogens with zero attached hydrogens (tertiary/aromatic N) is 2. The molecule has 1 aliphatic heterocycles. The second-order valence-corrected chi connectivity index (χ2v) is 4.59. The van der Waals surface area contributed by atoms with Gasteiger partial charge in [-0.3, -0.25) is 4.98 Å². The largest absolute Gasteiger partial charge is 0.252 e. The van der Waals surface area contributed by atoms with Crippen LogP contribution in [0.25, 0.3) is 10.4 Å². The van der Waals surface area contributed by atoms with Crippen LogP contribution in [0.2, 0.25) is 0 Å². The molecule has 2 heterocycles. The Balaban J connectivity index is 2.04. The minimum absolute atomic E-state index is 0.887. The van der Waals surface area contributed by atoms with Crippen LogP contribution >= 0.6 is 11.3 Å². The third kappa shape index (κ3) is 1.68. The maximum absolute atomic E-state index is 4.40. The second-order valence-electron chi connectivity index (χ2n) is 3.70. The fraction of sp³-hybridized carbons (Fsp3) is 0.250. The number of rotatable bonds is 1. The standard InChI is InChI=1S/C12H11N2S/c1-2-11-6-13-4-3-9(11)5-10(1)12-7-14-8-15-12/h1-2,5,7-8H,3-4,6H2. The molecule has 0 saturated carbocycles. The van der Waals surface area contributed by atoms with Crippen LogP contribution in [-0.4, -0.2) is 11.5 Å². The summed E-state index contributed by atoms with van der Waals surface area (Å²) in [6.07, 6.45) is 3.02. The first kappa shape index (κ1) is 9.07. The summed E-state index contributed by atoms with van der Waals surface area (Å²) in [5, 5.41) is 4.40. The average molecular weight is 215 g/mol. The topological polar surface area (TPSA) is 27.0 Å². The van der Waals surface area contributed by atoms with Crippen LogP contribution in [0.1, 0.15) is 11.1 Å². The smallest absolute Gasteiger partial charge is 0.0797 e. The Morgan fingerprint density at radius 3 is 3.07 bits per heavy atom. The van der Waals surface area contributed by atoms with Crippen LogP contribution < -0.4 is 5.32 Å². The molecule has 0 fully saturated rings. The highest BCUT2D eigenvalue weighted by molar-refractivity contribution is 7.13. The maximum atomic E-state index is 4.40. The van der Waals surface area contributed by atoms with Gasteiger partial charge in [-0.05, 0) is 29.2 Å². The van der Waals surface area contributed by atoms with Gasteiger partial charge in [0, 0.05) is 19.3 Å². The number of hydrogen-bond donors (Lipinski definition) is 0. The molecular weight excluding hydrogens is 204 g/mol. The van der Waals surface area contributed by atoms with Gasteiger partial charge < -0.3 is 0 Å². The quantitative estimate of drug-likeness (QED) is 0.718. The number of benzene rings is 1. The van der Waals surface area contributed by atoms with Gasteiger partial charge in [0.05, 0.1) is 10.4 Å². The minimum Gasteiger partial charge on any atom is -0.252 e. The van der Waals surface area contributed by atoms with Crippen molar-refractivity contribution in [2.24, 2.45) is 0 Å². The lowest BCUT2D eigenvalue weighted by atomic mass is 9.98. The van der Waals surface area contributed by atoms with Crippen molar-refractivity contribution in [2.75, 3.05) is 6.54 Å². The van der Waals surface area contributed by atoms with E-state index in [0.29, 0.717) is 0 Å². The van der Waals surface area contributed by atoms with Crippen molar-refractivity contribution < 1.29 is 0 Å². The Kier molecular flexibility index (Phi) is 2.27. The molecule has 0 aliphatic carbocycles. The van der Waals surface area contributed by atoms with Gasteiger partial charge in [0.1, 0.15) is 0 Å². The van der Waals surface area contributed by atoms with E-state index in [4.69, 9.17) is 0 Å². The molecule has 3 rings (SSSR count). The summed E-state index contributed by atoms with van der Waals surface area (Å²) in [4.78, 5) is 5.36. The summed E-state index contributed by atoms with van der Waals surface area (Å²) < 4.78 is 0. The van der Waals surface area contributed by atoms with E-state index in [0.717, 1.165) is 19.5 Å². The highest BCUT2D eigenvalue weighted by Crippen LogP contribution is 2.26. The Labute approximate surface area is 93.0 Å². The highest BCUT2D eigenvalue weighted by Gasteiger charge is 2.10. The maximum Gasteiger partial charge on any atom is 0.0797 e. The fourth-order valence-electron chi connectivity index (χ4n) is 1.92. The van der Waals surface area contributed by atoms with Gasteiger partial charge in [-0.15, -0.1) is 11.3 Å². The Morgan fingerprint density at radius 1 is 1.20 bits per heavy atom. The van der Waals surface area contributed by atoms with Crippen LogP contribution in [0.15, 0.2) is 29.9 Å². The lowest BCUT2D eigenvalue weighted by molar-refractivity contribution is 0.630. The average Bonchev–Trinajstić information content (AvgIpc) is 2.82. The van der Waals surface area contributed by atoms with Gasteiger partial charge in [-0.2, -0.15) is 0 Å². The zero-order valence-corrected chi connectivity index (χ0v) is 9.13. The Morgan fingerprint density at radius 2 is 2.20 bits per heavy atom. The fourth-order valence-corrected chi connectivity index (χ4v) is 2.54. The summed E-state index contributed by atoms with van der Waals surface area (Å²) in [7, 11) is 0. The number of aromatic nitrogens is 1. The summed E-state index contributed by atoms with van der Waals surface area (Å²) in [6.45, 7) is 1.86. The lowest BCUT2D eigenvalue weighted by Crippen LogP contribution is -2.17. The predicted octanol–water partition coefficient (Wildman–Crippen LogP) is 2.47. The van der Waals surface area contributed by atoms with E-state index in [9.17, 15) is 0 Å². The molecule has 0 bridgehead atoms. The van der Waals surface area contributed by atoms with Gasteiger partial charge in [0.15, 0.2) is 0 Å². The minimum atomic E-state index is 0.887. The zero-order chi connectivity index (χ0) is 10.1. The molecular formula is C12H11N2S. The van der Waals surface area contributed by atoms with Crippen molar-refractivity contribution in [3.8, 4) is 10.4 Å². The Bertz CT molecular complexity index is 462. The van der Waals surface area contributed by atoms with Crippen molar-refractivity contribution in [2.45, 2.75) is 13.0 Å². The molecule has 0 spiro atoms. The normalized spacial score (nSPS) is 14.9. The van der Waals surface area contributed by atoms with Gasteiger partial charge in [0.25, 0.3) is 0 Å². The monoisotopic (exact) mass is 215 g/mol. The van der Waals surface area contributed by atoms with Crippen LogP contribution in [0.5, 0.6) is 0 Å². The van der Waals surface area contributed by atoms with Crippen LogP contribution in [0.4, 0.5) is 0 Å². The van der Waals surface area contributed by atoms with E-state index in [-0.39, 0.29) is 0 Å². The number of thiazole rings is 1. The molecule has 1 aliphatic rings. The molecule has 0 unspecified atom stereocenters. The first-order valence-corrected chi connectivity index (χ1v) is 5.95. The summed E-state index contributed by atoms with van der Waals surface area (Å²) in [5.74, 6) is 0. The van der Waals surface area contributed by atoms with Crippen molar-refractivity contribution >= 4 is 11.3 Å². The van der Waals surface area contributed by atoms with E-state index in [1.54, 1.807) is 11.3 Å². The van der Waals surface area contributed by atoms with Crippen molar-refractivity contribution in [1.29, 1.82) is 0 Å². The molecule has 1 aromatic carbocycles. The van der Waals surface area contributed by atoms with E-state index in [2.05, 4.69) is 28.5 Å². The molecule has 1 aromatic heterocycles. The second kappa shape index (κ2) is 3.76. The first-order valence-electron chi connectivity index (χ1n) is 5.07. The van der Waals surface area contributed by atoms with Crippen molar-refractivity contribution in [1.82, 2.24) is 10.3 Å². The Hall–Kier alpha value is -1.19. The molecule has 2 aromatic rings. The number of hydrogen-bond acceptors (Lipinski definition) is 2. The van der Waals surface area contributed by atoms with Crippen molar-refractivity contribution in [3.05, 3.63) is 41.0 Å². The van der Waals surface area contributed by atoms with E-state index >= 15 is 0 Å². The predicted molar refractivity (Wildman–Crippen MR) is 62.0 cm³/mol. The SMILES string of the molecule is c1ncc(-c2ccc3c(c2)CC[N]C3)s1. The van der Waals surface area contributed by atoms with Crippen molar-refractivity contribution in [3.63, 3.8) is 0 Å². The summed E-state index contributed by atoms with van der Waals surface area (Å²) in [6, 6.07) is 6.66. The first-order chi connectivity index (χ1) is 7.43. The molecule has 0 atom stereocenters. The molecule has 0 amide bonds. The van der Waals surface area contributed by atoms with Crippen LogP contribution in [0.3, 0.4) is 0 Å². The van der Waals surface area contributed by atoms with Crippen LogP contribution in [0, 0.1) is 0 Å². The van der Waals surface area contributed by atoms with E-state index < -0.39 is 0 Å². The van der Waals surface area contributed by atoms with E-state index in [1.807, 2.05) is 11.7 Å². The lowest BCUT2D eigenvalue weighted by Gasteiger charge is -2.16. The van der Waals surface area contributed by atoms with Crippen LogP contribution in [-0.2, 0) is 13.0 Å². The third-order valence-electron chi connectivity index (χ3n) is 2.74. The molecule has 15 heavy (non-hydrogen) atoms. The summed E-state index contributed by atoms with van der Waals surface area (Å²) >= 11 is 1.69. The molecule has 0 saturated heterocycles. The molecule has 3 heteroatoms. The zero-order valence-electron chi connectivity index (χ0n) is 8.31. The number of fused-ring (bicyclic) bond motifs is 1. The molecule has 1 radical (unpaired) electrons. The third-order valence-corrected chi connectivity index (χ3v) is 3.57. The van der Waals surface area contributed by atoms with Gasteiger partial charge in [-0.1, -0.05) is 12.1 Å². The van der Waals surface area contributed by atoms with Gasteiger partial charge in [-0.25, -0.2) is 5.32 Å². The molecule has 0 N–H and O–H groups in total. The molecule has 2 nitrogen and oxygen atoms in total. The highest BCUT2D eigenvalue weighted by atomic mass is 32.1. The van der Waals surface area contributed by atoms with E-state index in [1.165, 1.54) is 21.6 Å². The summed E-state index contributed by atoms with van der Waals surface area (Å²) in [5.41, 5.74) is 6.01. The van der Waals surface area contributed by atoms with Gasteiger partial charge >= 0.3 is 0 Å². The molecule has 75 valence electrons. The van der Waals surface area contributed by atoms with Gasteiger partial charge in [0.2, 0.25) is 0 Å².